The summed E-state index contributed by atoms with van der Waals surface area (Å²) < 4.78 is 5.34. The number of fused-ring (bicyclic) bond motifs is 1. The SMILES string of the molecule is CC(C)(C)OC(=O)NC1CCN(c2ncc3cc(C(=O)Nc4cc(C(=O)NC(CO)c5ccccc5)ccc4Cl)c(=O)[nH]c3n2)CC1. The smallest absolute Gasteiger partial charge is 0.407 e. The first-order chi connectivity index (χ1) is 22.4. The molecule has 0 spiro atoms. The Morgan fingerprint density at radius 3 is 2.49 bits per heavy atom. The van der Waals surface area contributed by atoms with Crippen LogP contribution in [0.1, 0.15) is 65.9 Å². The van der Waals surface area contributed by atoms with Crippen LogP contribution in [0.4, 0.5) is 16.4 Å². The molecule has 0 saturated carbocycles. The van der Waals surface area contributed by atoms with Crippen LogP contribution in [-0.2, 0) is 4.74 Å². The third kappa shape index (κ3) is 8.43. The Morgan fingerprint density at radius 1 is 1.09 bits per heavy atom. The van der Waals surface area contributed by atoms with Gasteiger partial charge in [-0.2, -0.15) is 4.98 Å². The lowest BCUT2D eigenvalue weighted by Gasteiger charge is -2.32. The van der Waals surface area contributed by atoms with Crippen molar-refractivity contribution < 1.29 is 24.2 Å². The van der Waals surface area contributed by atoms with E-state index in [1.165, 1.54) is 30.5 Å². The molecule has 2 aromatic heterocycles. The van der Waals surface area contributed by atoms with E-state index in [2.05, 4.69) is 30.9 Å². The molecule has 1 unspecified atom stereocenters. The number of aromatic nitrogens is 3. The Morgan fingerprint density at radius 2 is 1.81 bits per heavy atom. The maximum Gasteiger partial charge on any atom is 0.407 e. The minimum atomic E-state index is -0.742. The molecule has 14 heteroatoms. The zero-order valence-corrected chi connectivity index (χ0v) is 26.9. The van der Waals surface area contributed by atoms with E-state index >= 15 is 0 Å². The molecule has 3 amide bonds. The zero-order chi connectivity index (χ0) is 33.7. The standard InChI is InChI=1S/C33H36ClN7O6/c1-33(2,3)47-32(46)36-22-11-13-41(14-12-22)31-35-17-21-15-23(30(45)39-27(21)40-31)29(44)37-25-16-20(9-10-24(25)34)28(43)38-26(18-42)19-7-5-4-6-8-19/h4-10,15-17,22,26,42H,11-14,18H2,1-3H3,(H,36,46)(H,37,44)(H,38,43)(H,35,39,40,45). The maximum absolute atomic E-state index is 13.2. The molecule has 0 radical (unpaired) electrons. The number of pyridine rings is 1. The van der Waals surface area contributed by atoms with Crippen LogP contribution in [0.15, 0.2) is 65.6 Å². The number of aliphatic hydroxyl groups is 1. The van der Waals surface area contributed by atoms with Crippen LogP contribution in [0.5, 0.6) is 0 Å². The highest BCUT2D eigenvalue weighted by Crippen LogP contribution is 2.25. The van der Waals surface area contributed by atoms with Crippen LogP contribution in [0.25, 0.3) is 11.0 Å². The fourth-order valence-corrected chi connectivity index (χ4v) is 5.28. The van der Waals surface area contributed by atoms with Crippen LogP contribution in [0.3, 0.4) is 0 Å². The van der Waals surface area contributed by atoms with Crippen molar-refractivity contribution in [2.75, 3.05) is 29.9 Å². The number of aromatic amines is 1. The summed E-state index contributed by atoms with van der Waals surface area (Å²) in [7, 11) is 0. The summed E-state index contributed by atoms with van der Waals surface area (Å²) in [6.07, 6.45) is 2.40. The van der Waals surface area contributed by atoms with E-state index in [0.29, 0.717) is 37.3 Å². The van der Waals surface area contributed by atoms with Gasteiger partial charge in [0.05, 0.1) is 23.4 Å². The van der Waals surface area contributed by atoms with E-state index < -0.39 is 35.1 Å². The molecule has 5 rings (SSSR count). The number of halogens is 1. The number of amides is 3. The summed E-state index contributed by atoms with van der Waals surface area (Å²) in [5.74, 6) is -0.812. The van der Waals surface area contributed by atoms with Gasteiger partial charge in [0.1, 0.15) is 16.8 Å². The molecule has 0 bridgehead atoms. The molecular formula is C33H36ClN7O6. The van der Waals surface area contributed by atoms with E-state index in [4.69, 9.17) is 16.3 Å². The van der Waals surface area contributed by atoms with Gasteiger partial charge in [-0.05, 0) is 63.4 Å². The van der Waals surface area contributed by atoms with Crippen molar-refractivity contribution in [3.05, 3.63) is 92.9 Å². The first-order valence-electron chi connectivity index (χ1n) is 15.1. The lowest BCUT2D eigenvalue weighted by molar-refractivity contribution is 0.0496. The number of ether oxygens (including phenoxy) is 1. The molecular weight excluding hydrogens is 626 g/mol. The predicted octanol–water partition coefficient (Wildman–Crippen LogP) is 4.18. The number of aliphatic hydroxyl groups excluding tert-OH is 1. The topological polar surface area (TPSA) is 179 Å². The van der Waals surface area contributed by atoms with Gasteiger partial charge in [0.2, 0.25) is 5.95 Å². The van der Waals surface area contributed by atoms with Crippen molar-refractivity contribution in [2.45, 2.75) is 51.3 Å². The first kappa shape index (κ1) is 33.4. The highest BCUT2D eigenvalue weighted by atomic mass is 35.5. The Labute approximate surface area is 275 Å². The van der Waals surface area contributed by atoms with E-state index in [1.807, 2.05) is 31.7 Å². The fraction of sp³-hybridized carbons (Fsp3) is 0.333. The minimum Gasteiger partial charge on any atom is -0.444 e. The van der Waals surface area contributed by atoms with Crippen LogP contribution < -0.4 is 26.4 Å². The van der Waals surface area contributed by atoms with Crippen LogP contribution in [0.2, 0.25) is 5.02 Å². The number of rotatable bonds is 8. The molecule has 3 heterocycles. The molecule has 2 aromatic carbocycles. The van der Waals surface area contributed by atoms with Crippen LogP contribution >= 0.6 is 11.6 Å². The molecule has 246 valence electrons. The number of anilines is 2. The van der Waals surface area contributed by atoms with Gasteiger partial charge in [-0.3, -0.25) is 14.4 Å². The highest BCUT2D eigenvalue weighted by Gasteiger charge is 2.25. The van der Waals surface area contributed by atoms with E-state index in [9.17, 15) is 24.3 Å². The van der Waals surface area contributed by atoms with E-state index in [1.54, 1.807) is 24.3 Å². The number of nitrogens with zero attached hydrogens (tertiary/aromatic N) is 3. The Hall–Kier alpha value is -5.01. The van der Waals surface area contributed by atoms with Crippen molar-refractivity contribution in [2.24, 2.45) is 0 Å². The molecule has 1 aliphatic rings. The summed E-state index contributed by atoms with van der Waals surface area (Å²) >= 11 is 6.32. The molecule has 47 heavy (non-hydrogen) atoms. The van der Waals surface area contributed by atoms with Gasteiger partial charge in [0, 0.05) is 36.3 Å². The van der Waals surface area contributed by atoms with Crippen molar-refractivity contribution in [1.82, 2.24) is 25.6 Å². The number of H-pyrrole nitrogens is 1. The second-order valence-corrected chi connectivity index (χ2v) is 12.6. The minimum absolute atomic E-state index is 0.0437. The van der Waals surface area contributed by atoms with E-state index in [-0.39, 0.29) is 40.1 Å². The fourth-order valence-electron chi connectivity index (χ4n) is 5.12. The first-order valence-corrected chi connectivity index (χ1v) is 15.5. The van der Waals surface area contributed by atoms with Gasteiger partial charge >= 0.3 is 6.09 Å². The van der Waals surface area contributed by atoms with Crippen molar-refractivity contribution >= 4 is 52.2 Å². The van der Waals surface area contributed by atoms with Crippen molar-refractivity contribution in [3.63, 3.8) is 0 Å². The average molecular weight is 662 g/mol. The van der Waals surface area contributed by atoms with Crippen LogP contribution in [0, 0.1) is 0 Å². The number of piperidine rings is 1. The summed E-state index contributed by atoms with van der Waals surface area (Å²) in [5.41, 5.74) is -0.131. The largest absolute Gasteiger partial charge is 0.444 e. The summed E-state index contributed by atoms with van der Waals surface area (Å²) in [6.45, 7) is 6.29. The van der Waals surface area contributed by atoms with Gasteiger partial charge < -0.3 is 35.7 Å². The van der Waals surface area contributed by atoms with Gasteiger partial charge in [-0.1, -0.05) is 41.9 Å². The second-order valence-electron chi connectivity index (χ2n) is 12.2. The van der Waals surface area contributed by atoms with Gasteiger partial charge in [-0.15, -0.1) is 0 Å². The normalized spacial score (nSPS) is 14.4. The van der Waals surface area contributed by atoms with Gasteiger partial charge in [0.15, 0.2) is 0 Å². The number of carbonyl (C=O) groups is 3. The summed E-state index contributed by atoms with van der Waals surface area (Å²) in [5, 5.41) is 18.7. The lowest BCUT2D eigenvalue weighted by atomic mass is 10.1. The van der Waals surface area contributed by atoms with Crippen molar-refractivity contribution in [1.29, 1.82) is 0 Å². The van der Waals surface area contributed by atoms with Crippen LogP contribution in [-0.4, -0.2) is 69.3 Å². The predicted molar refractivity (Wildman–Crippen MR) is 178 cm³/mol. The second kappa shape index (κ2) is 14.2. The monoisotopic (exact) mass is 661 g/mol. The number of alkyl carbamates (subject to hydrolysis) is 1. The third-order valence-corrected chi connectivity index (χ3v) is 7.82. The Bertz CT molecular complexity index is 1840. The van der Waals surface area contributed by atoms with E-state index in [0.717, 1.165) is 5.56 Å². The summed E-state index contributed by atoms with van der Waals surface area (Å²) in [4.78, 5) is 64.9. The number of nitrogens with one attached hydrogen (secondary N) is 4. The number of carbonyl (C=O) groups excluding carboxylic acids is 3. The van der Waals surface area contributed by atoms with Crippen molar-refractivity contribution in [3.8, 4) is 0 Å². The average Bonchev–Trinajstić information content (AvgIpc) is 3.03. The number of hydrogen-bond acceptors (Lipinski definition) is 9. The summed E-state index contributed by atoms with van der Waals surface area (Å²) in [6, 6.07) is 14.1. The zero-order valence-electron chi connectivity index (χ0n) is 26.2. The molecule has 13 nitrogen and oxygen atoms in total. The number of benzene rings is 2. The maximum atomic E-state index is 13.2. The molecule has 1 atom stereocenters. The Balaban J connectivity index is 1.25. The molecule has 1 aliphatic heterocycles. The molecule has 1 saturated heterocycles. The molecule has 1 fully saturated rings. The number of hydrogen-bond donors (Lipinski definition) is 5. The molecule has 5 N–H and O–H groups in total. The third-order valence-electron chi connectivity index (χ3n) is 7.49. The molecule has 4 aromatic rings. The highest BCUT2D eigenvalue weighted by molar-refractivity contribution is 6.34. The quantitative estimate of drug-likeness (QED) is 0.185. The Kier molecular flexibility index (Phi) is 10.1. The van der Waals surface area contributed by atoms with Gasteiger partial charge in [-0.25, -0.2) is 9.78 Å². The lowest BCUT2D eigenvalue weighted by Crippen LogP contribution is -2.46. The molecule has 0 aliphatic carbocycles. The van der Waals surface area contributed by atoms with Gasteiger partial charge in [0.25, 0.3) is 17.4 Å².